The van der Waals surface area contributed by atoms with E-state index in [2.05, 4.69) is 30.3 Å². The number of carbonyl (C=O) groups excluding carboxylic acids is 1. The zero-order chi connectivity index (χ0) is 13.0. The number of quaternary nitrogens is 1. The van der Waals surface area contributed by atoms with Crippen molar-refractivity contribution in [3.8, 4) is 0 Å². The summed E-state index contributed by atoms with van der Waals surface area (Å²) in [6.07, 6.45) is -1.34. The Kier molecular flexibility index (Phi) is 19.8. The molecule has 1 rings (SSSR count). The average Bonchev–Trinajstić information content (AvgIpc) is 2.20. The molecule has 95 valence electrons. The van der Waals surface area contributed by atoms with Gasteiger partial charge in [0.1, 0.15) is 0 Å². The summed E-state index contributed by atoms with van der Waals surface area (Å²) in [7, 11) is 0. The van der Waals surface area contributed by atoms with Crippen LogP contribution < -0.4 is 14.3 Å². The van der Waals surface area contributed by atoms with E-state index in [1.807, 2.05) is 0 Å². The van der Waals surface area contributed by atoms with Crippen LogP contribution in [0.2, 0.25) is 0 Å². The molecule has 0 aromatic heterocycles. The smallest absolute Gasteiger partial charge is 0.369 e. The second-order valence-electron chi connectivity index (χ2n) is 2.80. The normalized spacial score (nSPS) is 9.53. The van der Waals surface area contributed by atoms with Gasteiger partial charge in [-0.05, 0) is 13.8 Å². The molecule has 1 unspecified atom stereocenters. The van der Waals surface area contributed by atoms with E-state index in [1.54, 1.807) is 6.92 Å². The van der Waals surface area contributed by atoms with Crippen LogP contribution in [0.25, 0.3) is 0 Å². The number of carbonyl (C=O) groups is 1. The Hall–Kier alpha value is -0.495. The first-order valence-corrected chi connectivity index (χ1v) is 7.57. The van der Waals surface area contributed by atoms with Crippen molar-refractivity contribution >= 4 is 9.04 Å². The fraction of sp³-hybridized carbons (Fsp3) is 0.364. The number of carboxylic acids is 1. The van der Waals surface area contributed by atoms with Crippen molar-refractivity contribution < 1.29 is 46.2 Å². The number of benzene rings is 1. The fourth-order valence-electron chi connectivity index (χ4n) is 0.478. The number of aliphatic hydroxyl groups excluding tert-OH is 2. The van der Waals surface area contributed by atoms with Crippen LogP contribution >= 0.6 is 0 Å². The zero-order valence-corrected chi connectivity index (χ0v) is 16.1. The molecule has 0 bridgehead atoms. The minimum absolute atomic E-state index is 0. The molecule has 0 fully saturated rings. The van der Waals surface area contributed by atoms with Gasteiger partial charge in [-0.3, -0.25) is 0 Å². The van der Waals surface area contributed by atoms with Crippen LogP contribution in [0.1, 0.15) is 13.8 Å². The van der Waals surface area contributed by atoms with Gasteiger partial charge >= 0.3 is 59.5 Å². The van der Waals surface area contributed by atoms with Gasteiger partial charge in [-0.25, -0.2) is 0 Å². The number of rotatable bonds is 1. The van der Waals surface area contributed by atoms with Crippen molar-refractivity contribution in [3.63, 3.8) is 0 Å². The maximum Gasteiger partial charge on any atom is -0.369 e. The van der Waals surface area contributed by atoms with E-state index in [1.165, 1.54) is 3.07 Å². The Balaban J connectivity index is -0.000000182. The molecule has 0 heterocycles. The standard InChI is InChI=1S/C6H5.C3H6O3.C2H6O.Hg.H3N/c1-2-4-6-5-3-1;1-2(4)3(5)6;1-2-3;;/h1-5H;2,4H,1H3,(H,5,6);3H,2H2,1H3;;1H3. The van der Waals surface area contributed by atoms with Crippen LogP contribution in [0.4, 0.5) is 0 Å². The minimum Gasteiger partial charge on any atom is -0.369 e. The molecule has 0 spiro atoms. The van der Waals surface area contributed by atoms with Gasteiger partial charge in [0.2, 0.25) is 0 Å². The molecule has 0 saturated carbocycles. The Morgan fingerprint density at radius 3 is 1.82 bits per heavy atom. The minimum atomic E-state index is -1.44. The largest absolute Gasteiger partial charge is 0.369 e. The Bertz CT molecular complexity index is 267. The van der Waals surface area contributed by atoms with Crippen LogP contribution in [0, 0.1) is 0 Å². The monoisotopic (exact) mass is 432 g/mol. The van der Waals surface area contributed by atoms with Gasteiger partial charge in [0.05, 0.1) is 12.1 Å². The number of aliphatic carboxylic acids is 1. The first kappa shape index (κ1) is 21.8. The molecule has 5 nitrogen and oxygen atoms in total. The molecule has 6 N–H and O–H groups in total. The SMILES string of the molecule is CC(O)C(=O)[O-].CCO.[Hg][c]1ccccc1.[NH4+]. The molecule has 0 amide bonds. The van der Waals surface area contributed by atoms with Crippen molar-refractivity contribution in [1.29, 1.82) is 0 Å². The third kappa shape index (κ3) is 21.4. The van der Waals surface area contributed by atoms with Gasteiger partial charge in [-0.15, -0.1) is 0 Å². The molecule has 17 heavy (non-hydrogen) atoms. The van der Waals surface area contributed by atoms with Crippen molar-refractivity contribution in [2.24, 2.45) is 0 Å². The molecule has 0 aliphatic rings. The Morgan fingerprint density at radius 1 is 1.41 bits per heavy atom. The molecular formula is C11H20HgNO4. The quantitative estimate of drug-likeness (QED) is 0.513. The van der Waals surface area contributed by atoms with E-state index in [4.69, 9.17) is 10.2 Å². The third-order valence-electron chi connectivity index (χ3n) is 1.18. The van der Waals surface area contributed by atoms with Crippen LogP contribution in [0.15, 0.2) is 30.3 Å². The van der Waals surface area contributed by atoms with Crippen LogP contribution in [0.3, 0.4) is 0 Å². The van der Waals surface area contributed by atoms with Crippen molar-refractivity contribution in [2.75, 3.05) is 6.61 Å². The summed E-state index contributed by atoms with van der Waals surface area (Å²) in [4.78, 5) is 9.34. The summed E-state index contributed by atoms with van der Waals surface area (Å²) in [5.41, 5.74) is 0. The molecule has 1 aromatic rings. The molecule has 1 aromatic carbocycles. The van der Waals surface area contributed by atoms with E-state index in [0.717, 1.165) is 33.0 Å². The maximum atomic E-state index is 9.34. The van der Waals surface area contributed by atoms with Gasteiger partial charge in [-0.2, -0.15) is 0 Å². The number of aliphatic hydroxyl groups is 2. The second-order valence-corrected chi connectivity index (χ2v) is 5.97. The summed E-state index contributed by atoms with van der Waals surface area (Å²) >= 11 is 0.810. The first-order chi connectivity index (χ1) is 7.45. The van der Waals surface area contributed by atoms with E-state index >= 15 is 0 Å². The summed E-state index contributed by atoms with van der Waals surface area (Å²) in [5, 5.41) is 24.9. The van der Waals surface area contributed by atoms with Gasteiger partial charge in [-0.1, -0.05) is 0 Å². The number of carboxylic acid groups (broad SMARTS) is 1. The predicted octanol–water partition coefficient (Wildman–Crippen LogP) is -0.649. The summed E-state index contributed by atoms with van der Waals surface area (Å²) in [6, 6.07) is 10.6. The third-order valence-corrected chi connectivity index (χ3v) is 3.02. The van der Waals surface area contributed by atoms with Gasteiger partial charge in [0.25, 0.3) is 0 Å². The first-order valence-electron chi connectivity index (χ1n) is 4.82. The summed E-state index contributed by atoms with van der Waals surface area (Å²) in [5.74, 6) is -1.44. The molecule has 0 aliphatic carbocycles. The molecular weight excluding hydrogens is 411 g/mol. The molecule has 0 aliphatic heterocycles. The van der Waals surface area contributed by atoms with E-state index in [-0.39, 0.29) is 12.8 Å². The van der Waals surface area contributed by atoms with Crippen LogP contribution in [0.5, 0.6) is 0 Å². The number of hydrogen-bond acceptors (Lipinski definition) is 4. The summed E-state index contributed by atoms with van der Waals surface area (Å²) in [6.45, 7) is 3.06. The van der Waals surface area contributed by atoms with E-state index in [9.17, 15) is 9.90 Å². The summed E-state index contributed by atoms with van der Waals surface area (Å²) < 4.78 is 1.52. The van der Waals surface area contributed by atoms with Gasteiger partial charge in [0, 0.05) is 6.61 Å². The molecule has 6 heteroatoms. The Labute approximate surface area is 118 Å². The fourth-order valence-corrected chi connectivity index (χ4v) is 1.54. The topological polar surface area (TPSA) is 117 Å². The van der Waals surface area contributed by atoms with E-state index < -0.39 is 12.1 Å². The van der Waals surface area contributed by atoms with Crippen molar-refractivity contribution in [3.05, 3.63) is 30.3 Å². The maximum absolute atomic E-state index is 9.34. The van der Waals surface area contributed by atoms with Gasteiger partial charge < -0.3 is 26.3 Å². The average molecular weight is 431 g/mol. The zero-order valence-electron chi connectivity index (χ0n) is 10.6. The van der Waals surface area contributed by atoms with Crippen LogP contribution in [-0.2, 0) is 30.9 Å². The van der Waals surface area contributed by atoms with Crippen molar-refractivity contribution in [1.82, 2.24) is 6.15 Å². The van der Waals surface area contributed by atoms with Crippen LogP contribution in [-0.4, -0.2) is 28.9 Å². The second kappa shape index (κ2) is 15.5. The molecule has 0 saturated heterocycles. The Morgan fingerprint density at radius 2 is 1.71 bits per heavy atom. The van der Waals surface area contributed by atoms with E-state index in [0.29, 0.717) is 0 Å². The molecule has 1 atom stereocenters. The predicted molar refractivity (Wildman–Crippen MR) is 61.5 cm³/mol. The van der Waals surface area contributed by atoms with Gasteiger partial charge in [0.15, 0.2) is 0 Å². The number of hydrogen-bond donors (Lipinski definition) is 3. The van der Waals surface area contributed by atoms with Crippen molar-refractivity contribution in [2.45, 2.75) is 20.0 Å². The molecule has 0 radical (unpaired) electrons.